The van der Waals surface area contributed by atoms with Gasteiger partial charge in [0.15, 0.2) is 0 Å². The van der Waals surface area contributed by atoms with Crippen LogP contribution in [0.25, 0.3) is 16.8 Å². The van der Waals surface area contributed by atoms with E-state index in [4.69, 9.17) is 27.9 Å². The van der Waals surface area contributed by atoms with Gasteiger partial charge in [-0.15, -0.1) is 0 Å². The smallest absolute Gasteiger partial charge is 0.290 e. The molecule has 1 amide bonds. The maximum absolute atomic E-state index is 12.9. The Labute approximate surface area is 154 Å². The molecule has 25 heavy (non-hydrogen) atoms. The molecule has 3 aromatic rings. The van der Waals surface area contributed by atoms with E-state index in [2.05, 4.69) is 9.97 Å². The van der Waals surface area contributed by atoms with Gasteiger partial charge >= 0.3 is 0 Å². The number of nitrogens with zero attached hydrogens (tertiary/aromatic N) is 4. The zero-order chi connectivity index (χ0) is 17.4. The van der Waals surface area contributed by atoms with Gasteiger partial charge in [0.25, 0.3) is 5.91 Å². The van der Waals surface area contributed by atoms with Crippen molar-refractivity contribution in [1.82, 2.24) is 19.3 Å². The minimum absolute atomic E-state index is 0.138. The summed E-state index contributed by atoms with van der Waals surface area (Å²) in [6.45, 7) is 2.17. The molecule has 0 atom stereocenters. The number of benzene rings is 1. The SMILES string of the molecule is O=C(c1nc(-c2ccc(Cl)cc2Cl)c2cnccn12)N1CCOCC1. The van der Waals surface area contributed by atoms with Crippen molar-refractivity contribution < 1.29 is 9.53 Å². The molecule has 8 heteroatoms. The highest BCUT2D eigenvalue weighted by Crippen LogP contribution is 2.32. The average Bonchev–Trinajstić information content (AvgIpc) is 3.01. The fraction of sp³-hybridized carbons (Fsp3) is 0.235. The van der Waals surface area contributed by atoms with Gasteiger partial charge in [0.05, 0.1) is 29.9 Å². The highest BCUT2D eigenvalue weighted by Gasteiger charge is 2.25. The maximum atomic E-state index is 12.9. The number of halogens is 2. The molecule has 0 N–H and O–H groups in total. The Kier molecular flexibility index (Phi) is 4.33. The molecule has 0 aliphatic carbocycles. The van der Waals surface area contributed by atoms with Crippen molar-refractivity contribution >= 4 is 34.6 Å². The van der Waals surface area contributed by atoms with Crippen LogP contribution in [0.1, 0.15) is 10.6 Å². The van der Waals surface area contributed by atoms with E-state index in [9.17, 15) is 4.79 Å². The number of amides is 1. The lowest BCUT2D eigenvalue weighted by Crippen LogP contribution is -2.41. The van der Waals surface area contributed by atoms with E-state index in [0.717, 1.165) is 0 Å². The molecule has 2 aromatic heterocycles. The second-order valence-corrected chi connectivity index (χ2v) is 6.49. The molecule has 0 spiro atoms. The first-order valence-electron chi connectivity index (χ1n) is 7.79. The van der Waals surface area contributed by atoms with Crippen LogP contribution in [0.5, 0.6) is 0 Å². The number of imidazole rings is 1. The number of carbonyl (C=O) groups excluding carboxylic acids is 1. The molecule has 1 aliphatic heterocycles. The number of hydrogen-bond donors (Lipinski definition) is 0. The van der Waals surface area contributed by atoms with Gasteiger partial charge in [-0.3, -0.25) is 14.2 Å². The van der Waals surface area contributed by atoms with E-state index < -0.39 is 0 Å². The van der Waals surface area contributed by atoms with Gasteiger partial charge in [-0.2, -0.15) is 0 Å². The summed E-state index contributed by atoms with van der Waals surface area (Å²) in [6.07, 6.45) is 5.02. The topological polar surface area (TPSA) is 59.7 Å². The van der Waals surface area contributed by atoms with Crippen molar-refractivity contribution in [2.75, 3.05) is 26.3 Å². The van der Waals surface area contributed by atoms with Crippen LogP contribution >= 0.6 is 23.2 Å². The van der Waals surface area contributed by atoms with Crippen LogP contribution in [0.4, 0.5) is 0 Å². The zero-order valence-corrected chi connectivity index (χ0v) is 14.7. The van der Waals surface area contributed by atoms with Crippen LogP contribution in [0.2, 0.25) is 10.0 Å². The number of morpholine rings is 1. The summed E-state index contributed by atoms with van der Waals surface area (Å²) in [4.78, 5) is 23.4. The number of aromatic nitrogens is 3. The molecule has 0 unspecified atom stereocenters. The van der Waals surface area contributed by atoms with Gasteiger partial charge in [0.2, 0.25) is 5.82 Å². The lowest BCUT2D eigenvalue weighted by molar-refractivity contribution is 0.0294. The van der Waals surface area contributed by atoms with E-state index >= 15 is 0 Å². The number of fused-ring (bicyclic) bond motifs is 1. The largest absolute Gasteiger partial charge is 0.378 e. The van der Waals surface area contributed by atoms with Gasteiger partial charge < -0.3 is 9.64 Å². The van der Waals surface area contributed by atoms with Gasteiger partial charge in [0, 0.05) is 36.1 Å². The molecule has 0 radical (unpaired) electrons. The zero-order valence-electron chi connectivity index (χ0n) is 13.2. The van der Waals surface area contributed by atoms with Crippen LogP contribution in [0, 0.1) is 0 Å². The molecule has 6 nitrogen and oxygen atoms in total. The average molecular weight is 377 g/mol. The van der Waals surface area contributed by atoms with Gasteiger partial charge in [0.1, 0.15) is 5.69 Å². The molecular formula is C17H14Cl2N4O2. The predicted molar refractivity (Wildman–Crippen MR) is 95.2 cm³/mol. The van der Waals surface area contributed by atoms with E-state index in [-0.39, 0.29) is 5.91 Å². The minimum Gasteiger partial charge on any atom is -0.378 e. The van der Waals surface area contributed by atoms with Gasteiger partial charge in [-0.25, -0.2) is 4.98 Å². The number of ether oxygens (including phenoxy) is 1. The van der Waals surface area contributed by atoms with Crippen molar-refractivity contribution in [3.8, 4) is 11.3 Å². The van der Waals surface area contributed by atoms with Crippen molar-refractivity contribution in [2.45, 2.75) is 0 Å². The van der Waals surface area contributed by atoms with E-state index in [1.54, 1.807) is 46.1 Å². The molecule has 3 heterocycles. The molecule has 1 aromatic carbocycles. The Morgan fingerprint density at radius 2 is 2.00 bits per heavy atom. The van der Waals surface area contributed by atoms with Crippen LogP contribution < -0.4 is 0 Å². The molecular weight excluding hydrogens is 363 g/mol. The highest BCUT2D eigenvalue weighted by atomic mass is 35.5. The molecule has 0 bridgehead atoms. The second-order valence-electron chi connectivity index (χ2n) is 5.64. The summed E-state index contributed by atoms with van der Waals surface area (Å²) in [5, 5.41) is 1.02. The van der Waals surface area contributed by atoms with E-state index in [0.29, 0.717) is 58.9 Å². The quantitative estimate of drug-likeness (QED) is 0.688. The summed E-state index contributed by atoms with van der Waals surface area (Å²) in [6, 6.07) is 5.19. The van der Waals surface area contributed by atoms with Crippen LogP contribution in [-0.2, 0) is 4.74 Å². The third kappa shape index (κ3) is 2.97. The van der Waals surface area contributed by atoms with Crippen LogP contribution in [0.3, 0.4) is 0 Å². The lowest BCUT2D eigenvalue weighted by Gasteiger charge is -2.26. The summed E-state index contributed by atoms with van der Waals surface area (Å²) in [7, 11) is 0. The van der Waals surface area contributed by atoms with Crippen LogP contribution in [0.15, 0.2) is 36.8 Å². The third-order valence-electron chi connectivity index (χ3n) is 4.12. The van der Waals surface area contributed by atoms with Crippen molar-refractivity contribution in [1.29, 1.82) is 0 Å². The van der Waals surface area contributed by atoms with E-state index in [1.807, 2.05) is 0 Å². The normalized spacial score (nSPS) is 14.9. The first-order valence-corrected chi connectivity index (χ1v) is 8.55. The minimum atomic E-state index is -0.138. The molecule has 1 fully saturated rings. The van der Waals surface area contributed by atoms with E-state index in [1.165, 1.54) is 0 Å². The Hall–Kier alpha value is -2.15. The summed E-state index contributed by atoms with van der Waals surface area (Å²) in [5.41, 5.74) is 2.02. The first kappa shape index (κ1) is 16.3. The summed E-state index contributed by atoms with van der Waals surface area (Å²) < 4.78 is 7.05. The third-order valence-corrected chi connectivity index (χ3v) is 4.67. The van der Waals surface area contributed by atoms with Gasteiger partial charge in [-0.1, -0.05) is 23.2 Å². The first-order chi connectivity index (χ1) is 12.1. The van der Waals surface area contributed by atoms with Crippen molar-refractivity contribution in [3.63, 3.8) is 0 Å². The highest BCUT2D eigenvalue weighted by molar-refractivity contribution is 6.36. The van der Waals surface area contributed by atoms with Gasteiger partial charge in [-0.05, 0) is 18.2 Å². The number of rotatable bonds is 2. The molecule has 0 saturated carbocycles. The Balaban J connectivity index is 1.85. The fourth-order valence-corrected chi connectivity index (χ4v) is 3.37. The summed E-state index contributed by atoms with van der Waals surface area (Å²) >= 11 is 12.3. The standard InChI is InChI=1S/C17H14Cl2N4O2/c18-11-1-2-12(13(19)9-11)15-14-10-20-3-4-23(14)16(21-15)17(24)22-5-7-25-8-6-22/h1-4,9-10H,5-8H2. The predicted octanol–water partition coefficient (Wildman–Crippen LogP) is 3.18. The Morgan fingerprint density at radius 3 is 2.76 bits per heavy atom. The Morgan fingerprint density at radius 1 is 1.20 bits per heavy atom. The Bertz CT molecular complexity index is 951. The molecule has 1 aliphatic rings. The van der Waals surface area contributed by atoms with Crippen molar-refractivity contribution in [3.05, 3.63) is 52.7 Å². The molecule has 1 saturated heterocycles. The van der Waals surface area contributed by atoms with Crippen LogP contribution in [-0.4, -0.2) is 51.5 Å². The van der Waals surface area contributed by atoms with Crippen molar-refractivity contribution in [2.24, 2.45) is 0 Å². The molecule has 128 valence electrons. The number of hydrogen-bond acceptors (Lipinski definition) is 4. The summed E-state index contributed by atoms with van der Waals surface area (Å²) in [5.74, 6) is 0.196. The fourth-order valence-electron chi connectivity index (χ4n) is 2.88. The monoisotopic (exact) mass is 376 g/mol. The lowest BCUT2D eigenvalue weighted by atomic mass is 10.1. The number of carbonyl (C=O) groups is 1. The molecule has 4 rings (SSSR count). The maximum Gasteiger partial charge on any atom is 0.290 e. The second kappa shape index (κ2) is 6.63.